The first-order valence-corrected chi connectivity index (χ1v) is 8.35. The van der Waals surface area contributed by atoms with E-state index >= 15 is 0 Å². The van der Waals surface area contributed by atoms with Gasteiger partial charge in [-0.05, 0) is 25.2 Å². The lowest BCUT2D eigenvalue weighted by molar-refractivity contribution is -0.119. The van der Waals surface area contributed by atoms with Crippen LogP contribution in [0.4, 0.5) is 0 Å². The number of hydrogen-bond acceptors (Lipinski definition) is 4. The van der Waals surface area contributed by atoms with E-state index in [0.29, 0.717) is 32.0 Å². The van der Waals surface area contributed by atoms with Crippen LogP contribution in [-0.4, -0.2) is 50.1 Å². The Bertz CT molecular complexity index is 385. The largest absolute Gasteiger partial charge is 0.356 e. The fourth-order valence-electron chi connectivity index (χ4n) is 2.37. The number of carbonyl (C=O) groups excluding carboxylic acids is 1. The molecule has 1 atom stereocenters. The van der Waals surface area contributed by atoms with Gasteiger partial charge in [0, 0.05) is 33.1 Å². The van der Waals surface area contributed by atoms with Crippen molar-refractivity contribution in [3.05, 3.63) is 0 Å². The minimum absolute atomic E-state index is 0.0378. The number of nitrogens with zero attached hydrogens (tertiary/aromatic N) is 1. The molecule has 1 rings (SSSR count). The Morgan fingerprint density at radius 2 is 2.00 bits per heavy atom. The highest BCUT2D eigenvalue weighted by Gasteiger charge is 2.32. The molecule has 1 saturated heterocycles. The monoisotopic (exact) mass is 291 g/mol. The maximum atomic E-state index is 12.3. The number of nitrogens with two attached hydrogens (primary N) is 1. The van der Waals surface area contributed by atoms with E-state index in [9.17, 15) is 13.2 Å². The molecular formula is C12H25N3O3S. The molecule has 6 nitrogen and oxygen atoms in total. The molecule has 1 amide bonds. The maximum absolute atomic E-state index is 12.3. The quantitative estimate of drug-likeness (QED) is 0.715. The fourth-order valence-corrected chi connectivity index (χ4v) is 4.17. The minimum atomic E-state index is -3.26. The van der Waals surface area contributed by atoms with E-state index in [1.807, 2.05) is 6.92 Å². The molecule has 0 saturated carbocycles. The van der Waals surface area contributed by atoms with Crippen LogP contribution in [0.25, 0.3) is 0 Å². The van der Waals surface area contributed by atoms with Crippen molar-refractivity contribution in [1.82, 2.24) is 9.62 Å². The highest BCUT2D eigenvalue weighted by molar-refractivity contribution is 7.89. The van der Waals surface area contributed by atoms with Gasteiger partial charge in [-0.3, -0.25) is 4.79 Å². The third kappa shape index (κ3) is 4.43. The summed E-state index contributed by atoms with van der Waals surface area (Å²) in [5, 5.41) is 2.31. The average Bonchev–Trinajstić information content (AvgIpc) is 2.38. The zero-order valence-corrected chi connectivity index (χ0v) is 12.6. The lowest BCUT2D eigenvalue weighted by Gasteiger charge is -2.33. The van der Waals surface area contributed by atoms with Crippen LogP contribution in [0.2, 0.25) is 0 Å². The summed E-state index contributed by atoms with van der Waals surface area (Å²) in [7, 11) is -3.26. The van der Waals surface area contributed by atoms with E-state index in [1.165, 1.54) is 6.92 Å². The predicted octanol–water partition coefficient (Wildman–Crippen LogP) is -0.0984. The first kappa shape index (κ1) is 16.4. The van der Waals surface area contributed by atoms with Crippen LogP contribution in [0.5, 0.6) is 0 Å². The van der Waals surface area contributed by atoms with Crippen LogP contribution >= 0.6 is 0 Å². The third-order valence-corrected chi connectivity index (χ3v) is 6.17. The van der Waals surface area contributed by atoms with Crippen molar-refractivity contribution in [2.75, 3.05) is 26.2 Å². The fraction of sp³-hybridized carbons (Fsp3) is 0.917. The van der Waals surface area contributed by atoms with Gasteiger partial charge in [0.05, 0.1) is 5.25 Å². The molecule has 1 fully saturated rings. The summed E-state index contributed by atoms with van der Waals surface area (Å²) in [6, 6.07) is 0. The lowest BCUT2D eigenvalue weighted by Crippen LogP contribution is -2.46. The number of nitrogens with one attached hydrogen (secondary N) is 1. The van der Waals surface area contributed by atoms with Gasteiger partial charge in [-0.25, -0.2) is 12.7 Å². The normalized spacial score (nSPS) is 20.2. The summed E-state index contributed by atoms with van der Waals surface area (Å²) in [5.41, 5.74) is 5.53. The molecule has 0 aromatic carbocycles. The Kier molecular flexibility index (Phi) is 6.22. The number of sulfonamides is 1. The molecule has 1 aliphatic heterocycles. The number of hydrogen-bond donors (Lipinski definition) is 2. The second kappa shape index (κ2) is 7.21. The van der Waals surface area contributed by atoms with Gasteiger partial charge in [0.15, 0.2) is 0 Å². The SMILES string of the molecule is CCC(CN)S(=O)(=O)N1CCC(CNC(C)=O)CC1. The summed E-state index contributed by atoms with van der Waals surface area (Å²) < 4.78 is 26.1. The maximum Gasteiger partial charge on any atom is 0.218 e. The Labute approximate surface area is 115 Å². The van der Waals surface area contributed by atoms with Gasteiger partial charge in [-0.1, -0.05) is 6.92 Å². The molecule has 1 heterocycles. The molecule has 0 bridgehead atoms. The summed E-state index contributed by atoms with van der Waals surface area (Å²) in [5.74, 6) is 0.331. The van der Waals surface area contributed by atoms with E-state index in [-0.39, 0.29) is 12.5 Å². The Balaban J connectivity index is 2.51. The molecule has 0 aromatic heterocycles. The Morgan fingerprint density at radius 3 is 2.42 bits per heavy atom. The Morgan fingerprint density at radius 1 is 1.42 bits per heavy atom. The predicted molar refractivity (Wildman–Crippen MR) is 75.0 cm³/mol. The van der Waals surface area contributed by atoms with E-state index in [4.69, 9.17) is 5.73 Å². The second-order valence-electron chi connectivity index (χ2n) is 5.09. The van der Waals surface area contributed by atoms with Crippen LogP contribution in [0.3, 0.4) is 0 Å². The molecule has 0 aromatic rings. The molecular weight excluding hydrogens is 266 g/mol. The summed E-state index contributed by atoms with van der Waals surface area (Å²) >= 11 is 0. The molecule has 1 unspecified atom stereocenters. The smallest absolute Gasteiger partial charge is 0.218 e. The molecule has 19 heavy (non-hydrogen) atoms. The number of piperidine rings is 1. The van der Waals surface area contributed by atoms with Crippen molar-refractivity contribution in [1.29, 1.82) is 0 Å². The molecule has 7 heteroatoms. The number of rotatable bonds is 6. The standard InChI is InChI=1S/C12H25N3O3S/c1-3-12(8-13)19(17,18)15-6-4-11(5-7-15)9-14-10(2)16/h11-12H,3-9,13H2,1-2H3,(H,14,16). The van der Waals surface area contributed by atoms with Gasteiger partial charge in [0.2, 0.25) is 15.9 Å². The summed E-state index contributed by atoms with van der Waals surface area (Å²) in [4.78, 5) is 10.8. The van der Waals surface area contributed by atoms with E-state index < -0.39 is 15.3 Å². The summed E-state index contributed by atoms with van der Waals surface area (Å²) in [6.07, 6.45) is 2.13. The van der Waals surface area contributed by atoms with E-state index in [0.717, 1.165) is 12.8 Å². The van der Waals surface area contributed by atoms with E-state index in [1.54, 1.807) is 4.31 Å². The van der Waals surface area contributed by atoms with Crippen molar-refractivity contribution in [3.63, 3.8) is 0 Å². The van der Waals surface area contributed by atoms with Crippen LogP contribution in [0, 0.1) is 5.92 Å². The molecule has 0 aliphatic carbocycles. The van der Waals surface area contributed by atoms with Crippen LogP contribution in [0.1, 0.15) is 33.1 Å². The molecule has 0 spiro atoms. The lowest BCUT2D eigenvalue weighted by atomic mass is 9.98. The third-order valence-electron chi connectivity index (χ3n) is 3.71. The highest BCUT2D eigenvalue weighted by Crippen LogP contribution is 2.21. The van der Waals surface area contributed by atoms with Gasteiger partial charge in [0.1, 0.15) is 0 Å². The minimum Gasteiger partial charge on any atom is -0.356 e. The molecule has 112 valence electrons. The van der Waals surface area contributed by atoms with Crippen molar-refractivity contribution >= 4 is 15.9 Å². The van der Waals surface area contributed by atoms with Gasteiger partial charge >= 0.3 is 0 Å². The first-order valence-electron chi connectivity index (χ1n) is 6.85. The second-order valence-corrected chi connectivity index (χ2v) is 7.30. The van der Waals surface area contributed by atoms with Gasteiger partial charge < -0.3 is 11.1 Å². The van der Waals surface area contributed by atoms with Gasteiger partial charge in [-0.15, -0.1) is 0 Å². The Hall–Kier alpha value is -0.660. The highest BCUT2D eigenvalue weighted by atomic mass is 32.2. The van der Waals surface area contributed by atoms with Crippen molar-refractivity contribution in [3.8, 4) is 0 Å². The van der Waals surface area contributed by atoms with Gasteiger partial charge in [-0.2, -0.15) is 0 Å². The molecule has 0 radical (unpaired) electrons. The van der Waals surface area contributed by atoms with Gasteiger partial charge in [0.25, 0.3) is 0 Å². The number of amides is 1. The first-order chi connectivity index (χ1) is 8.91. The molecule has 3 N–H and O–H groups in total. The van der Waals surface area contributed by atoms with Crippen LogP contribution in [0.15, 0.2) is 0 Å². The van der Waals surface area contributed by atoms with Crippen LogP contribution in [-0.2, 0) is 14.8 Å². The van der Waals surface area contributed by atoms with E-state index in [2.05, 4.69) is 5.32 Å². The number of carbonyl (C=O) groups is 1. The average molecular weight is 291 g/mol. The topological polar surface area (TPSA) is 92.5 Å². The zero-order valence-electron chi connectivity index (χ0n) is 11.8. The van der Waals surface area contributed by atoms with Crippen molar-refractivity contribution in [2.24, 2.45) is 11.7 Å². The van der Waals surface area contributed by atoms with Crippen molar-refractivity contribution < 1.29 is 13.2 Å². The zero-order chi connectivity index (χ0) is 14.5. The van der Waals surface area contributed by atoms with Crippen LogP contribution < -0.4 is 11.1 Å². The summed E-state index contributed by atoms with van der Waals surface area (Å²) in [6.45, 7) is 5.21. The molecule has 1 aliphatic rings. The van der Waals surface area contributed by atoms with Crippen molar-refractivity contribution in [2.45, 2.75) is 38.4 Å².